The molecule has 1 aliphatic rings. The zero-order chi connectivity index (χ0) is 15.1. The Balaban J connectivity index is 1.88. The maximum Gasteiger partial charge on any atom is 0.112 e. The molecule has 3 aromatic rings. The summed E-state index contributed by atoms with van der Waals surface area (Å²) >= 11 is 0. The van der Waals surface area contributed by atoms with E-state index in [4.69, 9.17) is 10.7 Å². The number of hydrogen-bond acceptors (Lipinski definition) is 5. The Morgan fingerprint density at radius 2 is 2.05 bits per heavy atom. The fourth-order valence-electron chi connectivity index (χ4n) is 2.64. The molecule has 0 atom stereocenters. The van der Waals surface area contributed by atoms with Gasteiger partial charge in [0.25, 0.3) is 0 Å². The molecule has 4 heterocycles. The lowest BCUT2D eigenvalue weighted by Crippen LogP contribution is -2.37. The van der Waals surface area contributed by atoms with Crippen LogP contribution >= 0.6 is 0 Å². The van der Waals surface area contributed by atoms with Crippen molar-refractivity contribution >= 4 is 22.4 Å². The van der Waals surface area contributed by atoms with Crippen LogP contribution in [-0.4, -0.2) is 28.0 Å². The quantitative estimate of drug-likeness (QED) is 0.785. The first-order chi connectivity index (χ1) is 10.7. The normalized spacial score (nSPS) is 14.1. The third-order valence-electron chi connectivity index (χ3n) is 4.04. The monoisotopic (exact) mass is 290 g/mol. The van der Waals surface area contributed by atoms with Crippen molar-refractivity contribution in [1.82, 2.24) is 15.0 Å². The number of pyridine rings is 3. The minimum absolute atomic E-state index is 0.643. The van der Waals surface area contributed by atoms with Gasteiger partial charge in [-0.3, -0.25) is 9.97 Å². The van der Waals surface area contributed by atoms with E-state index in [0.29, 0.717) is 5.69 Å². The lowest BCUT2D eigenvalue weighted by Gasteiger charge is -2.32. The number of hydrogen-bond donors (Lipinski definition) is 1. The Kier molecular flexibility index (Phi) is 2.92. The largest absolute Gasteiger partial charge is 0.397 e. The summed E-state index contributed by atoms with van der Waals surface area (Å²) in [5.41, 5.74) is 12.4. The molecule has 0 unspecified atom stereocenters. The fourth-order valence-corrected chi connectivity index (χ4v) is 2.64. The third-order valence-corrected chi connectivity index (χ3v) is 4.04. The first kappa shape index (κ1) is 13.0. The van der Waals surface area contributed by atoms with Gasteiger partial charge in [0, 0.05) is 37.5 Å². The summed E-state index contributed by atoms with van der Waals surface area (Å²) in [6.45, 7) is 3.97. The van der Waals surface area contributed by atoms with Gasteiger partial charge in [0.05, 0.1) is 28.8 Å². The van der Waals surface area contributed by atoms with E-state index >= 15 is 0 Å². The molecule has 3 aromatic heterocycles. The van der Waals surface area contributed by atoms with E-state index in [2.05, 4.69) is 27.4 Å². The molecule has 5 nitrogen and oxygen atoms in total. The molecule has 0 saturated carbocycles. The average molecular weight is 290 g/mol. The van der Waals surface area contributed by atoms with Crippen molar-refractivity contribution < 1.29 is 0 Å². The molecular formula is C17H16N5. The maximum absolute atomic E-state index is 6.17. The van der Waals surface area contributed by atoms with Crippen LogP contribution < -0.4 is 10.6 Å². The van der Waals surface area contributed by atoms with Gasteiger partial charge in [0.2, 0.25) is 0 Å². The molecule has 4 rings (SSSR count). The summed E-state index contributed by atoms with van der Waals surface area (Å²) in [6, 6.07) is 5.90. The molecule has 1 saturated heterocycles. The maximum atomic E-state index is 6.17. The second-order valence-corrected chi connectivity index (χ2v) is 5.54. The lowest BCUT2D eigenvalue weighted by atomic mass is 10.1. The Labute approximate surface area is 128 Å². The molecule has 1 fully saturated rings. The van der Waals surface area contributed by atoms with E-state index in [9.17, 15) is 0 Å². The van der Waals surface area contributed by atoms with Crippen molar-refractivity contribution in [3.63, 3.8) is 0 Å². The summed E-state index contributed by atoms with van der Waals surface area (Å²) < 4.78 is 0. The predicted octanol–water partition coefficient (Wildman–Crippen LogP) is 2.61. The number of fused-ring (bicyclic) bond motifs is 1. The van der Waals surface area contributed by atoms with Crippen LogP contribution in [0.25, 0.3) is 22.3 Å². The Bertz CT molecular complexity index is 855. The van der Waals surface area contributed by atoms with Gasteiger partial charge < -0.3 is 10.6 Å². The van der Waals surface area contributed by atoms with Crippen molar-refractivity contribution in [3.8, 4) is 11.3 Å². The van der Waals surface area contributed by atoms with Crippen LogP contribution in [0.4, 0.5) is 11.4 Å². The number of anilines is 2. The average Bonchev–Trinajstić information content (AvgIpc) is 2.45. The first-order valence-electron chi connectivity index (χ1n) is 7.26. The molecule has 0 aromatic carbocycles. The number of nitrogens with zero attached hydrogens (tertiary/aromatic N) is 4. The molecule has 22 heavy (non-hydrogen) atoms. The summed E-state index contributed by atoms with van der Waals surface area (Å²) in [6.07, 6.45) is 7.69. The highest BCUT2D eigenvalue weighted by molar-refractivity contribution is 5.91. The molecule has 109 valence electrons. The molecule has 1 aliphatic heterocycles. The molecule has 0 aliphatic carbocycles. The topological polar surface area (TPSA) is 67.9 Å². The zero-order valence-corrected chi connectivity index (χ0v) is 12.3. The van der Waals surface area contributed by atoms with Crippen LogP contribution in [0.5, 0.6) is 0 Å². The minimum atomic E-state index is 0.643. The predicted molar refractivity (Wildman–Crippen MR) is 88.4 cm³/mol. The van der Waals surface area contributed by atoms with Gasteiger partial charge >= 0.3 is 0 Å². The van der Waals surface area contributed by atoms with Gasteiger partial charge in [-0.15, -0.1) is 0 Å². The number of nitrogens with two attached hydrogens (primary N) is 1. The van der Waals surface area contributed by atoms with E-state index in [-0.39, 0.29) is 0 Å². The highest BCUT2D eigenvalue weighted by atomic mass is 15.2. The molecule has 0 amide bonds. The van der Waals surface area contributed by atoms with E-state index < -0.39 is 0 Å². The van der Waals surface area contributed by atoms with Gasteiger partial charge in [-0.1, -0.05) is 0 Å². The summed E-state index contributed by atoms with van der Waals surface area (Å²) in [4.78, 5) is 15.7. The third kappa shape index (κ3) is 2.06. The van der Waals surface area contributed by atoms with E-state index in [1.807, 2.05) is 31.5 Å². The summed E-state index contributed by atoms with van der Waals surface area (Å²) in [7, 11) is 0. The molecule has 1 radical (unpaired) electrons. The van der Waals surface area contributed by atoms with Crippen LogP contribution in [0.1, 0.15) is 5.56 Å². The zero-order valence-electron chi connectivity index (χ0n) is 12.3. The van der Waals surface area contributed by atoms with Gasteiger partial charge in [0.1, 0.15) is 5.52 Å². The number of nitrogen functional groups attached to an aromatic ring is 1. The van der Waals surface area contributed by atoms with Crippen LogP contribution in [0.3, 0.4) is 0 Å². The highest BCUT2D eigenvalue weighted by Crippen LogP contribution is 2.29. The van der Waals surface area contributed by atoms with Gasteiger partial charge in [-0.25, -0.2) is 4.98 Å². The second kappa shape index (κ2) is 4.94. The van der Waals surface area contributed by atoms with Crippen LogP contribution in [-0.2, 0) is 0 Å². The smallest absolute Gasteiger partial charge is 0.112 e. The Morgan fingerprint density at radius 3 is 2.77 bits per heavy atom. The fraction of sp³-hybridized carbons (Fsp3) is 0.176. The second-order valence-electron chi connectivity index (χ2n) is 5.54. The molecule has 2 N–H and O–H groups in total. The SMILES string of the molecule is Cc1ccncc1-c1cc(N)c2ncc(N3C[CH]C3)cc2n1. The standard InChI is InChI=1S/C17H16N5/c1-11-3-4-19-10-13(11)15-8-14(18)17-16(21-15)7-12(9-20-17)22-5-2-6-22/h2-4,7-10H,5-6H2,1H3,(H2,18,21). The highest BCUT2D eigenvalue weighted by Gasteiger charge is 2.16. The van der Waals surface area contributed by atoms with E-state index in [1.165, 1.54) is 0 Å². The molecule has 0 bridgehead atoms. The van der Waals surface area contributed by atoms with E-state index in [1.54, 1.807) is 6.20 Å². The van der Waals surface area contributed by atoms with Crippen molar-refractivity contribution in [3.05, 3.63) is 48.8 Å². The Hall–Kier alpha value is -2.69. The van der Waals surface area contributed by atoms with Crippen molar-refractivity contribution in [2.24, 2.45) is 0 Å². The van der Waals surface area contributed by atoms with E-state index in [0.717, 1.165) is 46.6 Å². The van der Waals surface area contributed by atoms with Crippen molar-refractivity contribution in [2.45, 2.75) is 6.92 Å². The molecule has 0 spiro atoms. The van der Waals surface area contributed by atoms with Gasteiger partial charge in [-0.2, -0.15) is 0 Å². The summed E-state index contributed by atoms with van der Waals surface area (Å²) in [5.74, 6) is 0. The van der Waals surface area contributed by atoms with Crippen LogP contribution in [0, 0.1) is 13.3 Å². The van der Waals surface area contributed by atoms with Crippen LogP contribution in [0.15, 0.2) is 36.8 Å². The minimum Gasteiger partial charge on any atom is -0.397 e. The number of aromatic nitrogens is 3. The number of aryl methyl sites for hydroxylation is 1. The Morgan fingerprint density at radius 1 is 1.18 bits per heavy atom. The molecule has 5 heteroatoms. The van der Waals surface area contributed by atoms with Crippen LogP contribution in [0.2, 0.25) is 0 Å². The lowest BCUT2D eigenvalue weighted by molar-refractivity contribution is 0.762. The van der Waals surface area contributed by atoms with Crippen molar-refractivity contribution in [1.29, 1.82) is 0 Å². The van der Waals surface area contributed by atoms with Crippen molar-refractivity contribution in [2.75, 3.05) is 23.7 Å². The first-order valence-corrected chi connectivity index (χ1v) is 7.26. The van der Waals surface area contributed by atoms with Gasteiger partial charge in [-0.05, 0) is 30.7 Å². The number of rotatable bonds is 2. The summed E-state index contributed by atoms with van der Waals surface area (Å²) in [5, 5.41) is 0. The van der Waals surface area contributed by atoms with Gasteiger partial charge in [0.15, 0.2) is 0 Å². The molecular weight excluding hydrogens is 274 g/mol.